The zero-order valence-corrected chi connectivity index (χ0v) is 19.1. The molecule has 2 aliphatic rings. The van der Waals surface area contributed by atoms with E-state index in [-0.39, 0.29) is 21.4 Å². The molecule has 0 radical (unpaired) electrons. The number of hydrogen-bond donors (Lipinski definition) is 0. The molecule has 0 unspecified atom stereocenters. The molecule has 32 heavy (non-hydrogen) atoms. The number of hydrogen-bond acceptors (Lipinski definition) is 6. The van der Waals surface area contributed by atoms with E-state index in [1.165, 1.54) is 16.4 Å². The number of rotatable bonds is 3. The maximum Gasteiger partial charge on any atom is 0.259 e. The van der Waals surface area contributed by atoms with Gasteiger partial charge in [0, 0.05) is 38.8 Å². The van der Waals surface area contributed by atoms with Crippen LogP contribution in [0, 0.1) is 0 Å². The maximum atomic E-state index is 13.5. The number of carbonyl (C=O) groups excluding carboxylic acids is 1. The zero-order valence-electron chi connectivity index (χ0n) is 17.5. The number of likely N-dealkylation sites (N-methyl/N-ethyl adjacent to an activating group) is 1. The van der Waals surface area contributed by atoms with Crippen LogP contribution in [0.15, 0.2) is 47.4 Å². The molecule has 5 rings (SSSR count). The third-order valence-corrected chi connectivity index (χ3v) is 8.30. The Balaban J connectivity index is 1.56. The van der Waals surface area contributed by atoms with Gasteiger partial charge in [-0.25, -0.2) is 18.4 Å². The summed E-state index contributed by atoms with van der Waals surface area (Å²) >= 11 is 6.26. The molecule has 0 saturated carbocycles. The minimum absolute atomic E-state index is 0.0362. The molecule has 8 nitrogen and oxygen atoms in total. The van der Waals surface area contributed by atoms with Crippen LogP contribution in [-0.4, -0.2) is 61.8 Å². The molecule has 1 saturated heterocycles. The van der Waals surface area contributed by atoms with Crippen molar-refractivity contribution in [2.24, 2.45) is 0 Å². The van der Waals surface area contributed by atoms with Gasteiger partial charge in [-0.1, -0.05) is 23.7 Å². The van der Waals surface area contributed by atoms with Gasteiger partial charge in [0.1, 0.15) is 4.90 Å². The van der Waals surface area contributed by atoms with Crippen molar-refractivity contribution in [3.63, 3.8) is 0 Å². The summed E-state index contributed by atoms with van der Waals surface area (Å²) in [6, 6.07) is 11.9. The number of sulfonamides is 1. The fourth-order valence-corrected chi connectivity index (χ4v) is 6.15. The lowest BCUT2D eigenvalue weighted by atomic mass is 10.1. The molecule has 0 atom stereocenters. The Morgan fingerprint density at radius 3 is 2.28 bits per heavy atom. The Morgan fingerprint density at radius 1 is 0.938 bits per heavy atom. The van der Waals surface area contributed by atoms with Gasteiger partial charge in [-0.15, -0.1) is 0 Å². The molecule has 1 fully saturated rings. The van der Waals surface area contributed by atoms with Gasteiger partial charge < -0.3 is 4.90 Å². The van der Waals surface area contributed by atoms with Crippen molar-refractivity contribution in [3.8, 4) is 0 Å². The van der Waals surface area contributed by atoms with Gasteiger partial charge in [0.25, 0.3) is 5.91 Å². The minimum Gasteiger partial charge on any atom is -0.355 e. The van der Waals surface area contributed by atoms with E-state index in [0.29, 0.717) is 43.3 Å². The van der Waals surface area contributed by atoms with Crippen molar-refractivity contribution in [2.75, 3.05) is 43.0 Å². The molecule has 2 aliphatic heterocycles. The average Bonchev–Trinajstić information content (AvgIpc) is 3.34. The van der Waals surface area contributed by atoms with Gasteiger partial charge in [0.15, 0.2) is 11.6 Å². The van der Waals surface area contributed by atoms with E-state index >= 15 is 0 Å². The number of fused-ring (bicyclic) bond motifs is 2. The number of nitrogens with zero attached hydrogens (tertiary/aromatic N) is 5. The number of aromatic nitrogens is 2. The van der Waals surface area contributed by atoms with Crippen molar-refractivity contribution in [2.45, 2.75) is 17.7 Å². The summed E-state index contributed by atoms with van der Waals surface area (Å²) in [6.07, 6.45) is 1.64. The molecule has 2 aromatic carbocycles. The van der Waals surface area contributed by atoms with Crippen LogP contribution >= 0.6 is 11.6 Å². The second-order valence-electron chi connectivity index (χ2n) is 7.99. The van der Waals surface area contributed by atoms with Crippen LogP contribution in [-0.2, 0) is 10.0 Å². The standard InChI is InChI=1S/C22H22ClN5O3S/c1-26-12-13-28(21-20(26)24-17-6-2-3-7-18(17)25-21)22(29)15-8-9-16(23)19(14-15)32(30,31)27-10-4-5-11-27/h2-3,6-9,14H,4-5,10-13H2,1H3. The lowest BCUT2D eigenvalue weighted by molar-refractivity contribution is 0.0985. The average molecular weight is 472 g/mol. The number of para-hydroxylation sites is 2. The second kappa shape index (κ2) is 7.99. The van der Waals surface area contributed by atoms with Gasteiger partial charge in [-0.05, 0) is 43.2 Å². The Kier molecular flexibility index (Phi) is 5.27. The van der Waals surface area contributed by atoms with E-state index in [4.69, 9.17) is 21.6 Å². The normalized spacial score (nSPS) is 17.1. The number of halogens is 1. The van der Waals surface area contributed by atoms with Crippen molar-refractivity contribution >= 4 is 50.2 Å². The monoisotopic (exact) mass is 471 g/mol. The van der Waals surface area contributed by atoms with E-state index in [2.05, 4.69) is 0 Å². The predicted octanol–water partition coefficient (Wildman–Crippen LogP) is 3.16. The van der Waals surface area contributed by atoms with E-state index in [0.717, 1.165) is 18.4 Å². The molecule has 0 spiro atoms. The quantitative estimate of drug-likeness (QED) is 0.583. The first-order chi connectivity index (χ1) is 15.4. The van der Waals surface area contributed by atoms with Gasteiger partial charge in [-0.3, -0.25) is 9.69 Å². The highest BCUT2D eigenvalue weighted by Gasteiger charge is 2.32. The molecule has 10 heteroatoms. The maximum absolute atomic E-state index is 13.5. The highest BCUT2D eigenvalue weighted by molar-refractivity contribution is 7.89. The van der Waals surface area contributed by atoms with Crippen molar-refractivity contribution in [1.29, 1.82) is 0 Å². The Morgan fingerprint density at radius 2 is 1.59 bits per heavy atom. The summed E-state index contributed by atoms with van der Waals surface area (Å²) in [6.45, 7) is 1.92. The fraction of sp³-hybridized carbons (Fsp3) is 0.318. The third kappa shape index (κ3) is 3.50. The first-order valence-corrected chi connectivity index (χ1v) is 12.3. The first kappa shape index (κ1) is 21.1. The van der Waals surface area contributed by atoms with E-state index < -0.39 is 10.0 Å². The van der Waals surface area contributed by atoms with Crippen molar-refractivity contribution in [3.05, 3.63) is 53.1 Å². The summed E-state index contributed by atoms with van der Waals surface area (Å²) in [5, 5.41) is 0.109. The molecule has 1 aromatic heterocycles. The number of amides is 1. The highest BCUT2D eigenvalue weighted by Crippen LogP contribution is 2.33. The Hall–Kier alpha value is -2.75. The van der Waals surface area contributed by atoms with Crippen LogP contribution in [0.4, 0.5) is 11.6 Å². The van der Waals surface area contributed by atoms with Gasteiger partial charge in [0.2, 0.25) is 10.0 Å². The Labute approximate surface area is 191 Å². The number of carbonyl (C=O) groups is 1. The summed E-state index contributed by atoms with van der Waals surface area (Å²) in [4.78, 5) is 26.4. The van der Waals surface area contributed by atoms with Crippen molar-refractivity contribution in [1.82, 2.24) is 14.3 Å². The SMILES string of the molecule is CN1CCN(C(=O)c2ccc(Cl)c(S(=O)(=O)N3CCCC3)c2)c2nc3ccccc3nc21. The van der Waals surface area contributed by atoms with Crippen LogP contribution in [0.2, 0.25) is 5.02 Å². The summed E-state index contributed by atoms with van der Waals surface area (Å²) < 4.78 is 27.6. The topological polar surface area (TPSA) is 86.7 Å². The predicted molar refractivity (Wildman–Crippen MR) is 124 cm³/mol. The van der Waals surface area contributed by atoms with Gasteiger partial charge in [-0.2, -0.15) is 4.31 Å². The Bertz CT molecular complexity index is 1320. The smallest absolute Gasteiger partial charge is 0.259 e. The summed E-state index contributed by atoms with van der Waals surface area (Å²) in [5.41, 5.74) is 1.68. The fourth-order valence-electron chi connectivity index (χ4n) is 4.14. The molecule has 166 valence electrons. The zero-order chi connectivity index (χ0) is 22.5. The highest BCUT2D eigenvalue weighted by atomic mass is 35.5. The van der Waals surface area contributed by atoms with Gasteiger partial charge in [0.05, 0.1) is 16.1 Å². The molecule has 0 bridgehead atoms. The van der Waals surface area contributed by atoms with Crippen molar-refractivity contribution < 1.29 is 13.2 Å². The molecule has 0 N–H and O–H groups in total. The molecular weight excluding hydrogens is 450 g/mol. The third-order valence-electron chi connectivity index (χ3n) is 5.92. The number of benzene rings is 2. The van der Waals surface area contributed by atoms with Crippen LogP contribution in [0.25, 0.3) is 11.0 Å². The molecule has 3 heterocycles. The second-order valence-corrected chi connectivity index (χ2v) is 10.3. The largest absolute Gasteiger partial charge is 0.355 e. The van der Waals surface area contributed by atoms with E-state index in [9.17, 15) is 13.2 Å². The van der Waals surface area contributed by atoms with Gasteiger partial charge >= 0.3 is 0 Å². The molecule has 0 aliphatic carbocycles. The molecule has 3 aromatic rings. The number of anilines is 2. The lowest BCUT2D eigenvalue weighted by Gasteiger charge is -2.33. The molecule has 1 amide bonds. The van der Waals surface area contributed by atoms with E-state index in [1.54, 1.807) is 11.0 Å². The summed E-state index contributed by atoms with van der Waals surface area (Å²) in [7, 11) is -1.85. The van der Waals surface area contributed by atoms with Crippen LogP contribution in [0.5, 0.6) is 0 Å². The van der Waals surface area contributed by atoms with Crippen LogP contribution < -0.4 is 9.80 Å². The summed E-state index contributed by atoms with van der Waals surface area (Å²) in [5.74, 6) is 0.738. The van der Waals surface area contributed by atoms with Crippen LogP contribution in [0.3, 0.4) is 0 Å². The minimum atomic E-state index is -3.76. The van der Waals surface area contributed by atoms with E-state index in [1.807, 2.05) is 36.2 Å². The molecular formula is C22H22ClN5O3S. The first-order valence-electron chi connectivity index (χ1n) is 10.5. The lowest BCUT2D eigenvalue weighted by Crippen LogP contribution is -2.43. The van der Waals surface area contributed by atoms with Crippen LogP contribution in [0.1, 0.15) is 23.2 Å².